The fraction of sp³-hybridized carbons (Fsp3) is 0.455. The van der Waals surface area contributed by atoms with Crippen LogP contribution in [0, 0.1) is 0 Å². The van der Waals surface area contributed by atoms with Crippen LogP contribution >= 0.6 is 0 Å². The first-order chi connectivity index (χ1) is 14.8. The highest BCUT2D eigenvalue weighted by molar-refractivity contribution is 6.04. The minimum absolute atomic E-state index is 0.0551. The molecule has 0 radical (unpaired) electrons. The third-order valence-corrected chi connectivity index (χ3v) is 5.03. The first kappa shape index (κ1) is 20.9. The Labute approximate surface area is 180 Å². The van der Waals surface area contributed by atoms with Crippen molar-refractivity contribution in [2.75, 3.05) is 13.7 Å². The molecule has 2 heterocycles. The second kappa shape index (κ2) is 8.05. The van der Waals surface area contributed by atoms with E-state index in [0.717, 1.165) is 11.4 Å². The third kappa shape index (κ3) is 4.26. The number of aliphatic imine (C=N–C) groups is 2. The minimum atomic E-state index is -0.875. The molecule has 0 atom stereocenters. The van der Waals surface area contributed by atoms with Gasteiger partial charge in [0.1, 0.15) is 29.6 Å². The Morgan fingerprint density at radius 3 is 2.77 bits per heavy atom. The van der Waals surface area contributed by atoms with Crippen LogP contribution in [0.4, 0.5) is 0 Å². The van der Waals surface area contributed by atoms with E-state index >= 15 is 0 Å². The van der Waals surface area contributed by atoms with Gasteiger partial charge in [0, 0.05) is 31.1 Å². The van der Waals surface area contributed by atoms with Crippen molar-refractivity contribution in [2.45, 2.75) is 51.8 Å². The van der Waals surface area contributed by atoms with Crippen LogP contribution in [0.3, 0.4) is 0 Å². The number of carbonyl (C=O) groups excluding carboxylic acids is 1. The first-order valence-corrected chi connectivity index (χ1v) is 10.3. The van der Waals surface area contributed by atoms with E-state index in [1.54, 1.807) is 13.0 Å². The summed E-state index contributed by atoms with van der Waals surface area (Å²) >= 11 is 0. The number of hydrogen-bond donors (Lipinski definition) is 1. The topological polar surface area (TPSA) is 113 Å². The van der Waals surface area contributed by atoms with Crippen LogP contribution in [-0.2, 0) is 16.1 Å². The Morgan fingerprint density at radius 1 is 1.35 bits per heavy atom. The normalized spacial score (nSPS) is 17.3. The van der Waals surface area contributed by atoms with Crippen LogP contribution in [0.15, 0.2) is 34.4 Å². The Morgan fingerprint density at radius 2 is 2.13 bits per heavy atom. The average Bonchev–Trinajstić information content (AvgIpc) is 3.41. The minimum Gasteiger partial charge on any atom is -0.491 e. The number of imidazole rings is 1. The third-order valence-electron chi connectivity index (χ3n) is 5.03. The van der Waals surface area contributed by atoms with Gasteiger partial charge in [-0.15, -0.1) is 0 Å². The number of rotatable bonds is 5. The van der Waals surface area contributed by atoms with Crippen molar-refractivity contribution in [3.63, 3.8) is 0 Å². The fourth-order valence-electron chi connectivity index (χ4n) is 3.47. The summed E-state index contributed by atoms with van der Waals surface area (Å²) in [7, 11) is 1.37. The van der Waals surface area contributed by atoms with E-state index in [1.807, 2.05) is 36.7 Å². The molecule has 0 saturated heterocycles. The summed E-state index contributed by atoms with van der Waals surface area (Å²) in [6.07, 6.45) is 3.21. The lowest BCUT2D eigenvalue weighted by Crippen LogP contribution is -2.30. The van der Waals surface area contributed by atoms with Crippen LogP contribution in [0.1, 0.15) is 39.3 Å². The first-order valence-electron chi connectivity index (χ1n) is 10.3. The zero-order chi connectivity index (χ0) is 22.2. The molecule has 2 N–H and O–H groups in total. The molecule has 0 amide bonds. The smallest absolute Gasteiger partial charge is 0.350 e. The molecule has 0 spiro atoms. The van der Waals surface area contributed by atoms with Crippen molar-refractivity contribution < 1.29 is 19.0 Å². The monoisotopic (exact) mass is 425 g/mol. The van der Waals surface area contributed by atoms with Crippen LogP contribution < -0.4 is 15.2 Å². The molecule has 9 heteroatoms. The number of nitrogens with two attached hydrogens (primary N) is 1. The molecule has 9 nitrogen and oxygen atoms in total. The standard InChI is InChI=1S/C22H27N5O4/c1-13(2)24-19(25-14(3)23)17-12-27-9-10-30-18-11-15(5-6-16(18)20(27)26-17)31-22(7-8-22)21(28)29-4/h5-6,11-13H,7-10H2,1-4H3,(H2,23,24,25). The highest BCUT2D eigenvalue weighted by Crippen LogP contribution is 2.43. The highest BCUT2D eigenvalue weighted by atomic mass is 16.6. The quantitative estimate of drug-likeness (QED) is 0.447. The molecule has 2 aromatic rings. The van der Waals surface area contributed by atoms with E-state index in [-0.39, 0.29) is 12.0 Å². The summed E-state index contributed by atoms with van der Waals surface area (Å²) in [5, 5.41) is 0. The van der Waals surface area contributed by atoms with Gasteiger partial charge in [-0.3, -0.25) is 4.99 Å². The molecule has 1 aromatic heterocycles. The lowest BCUT2D eigenvalue weighted by molar-refractivity contribution is -0.151. The van der Waals surface area contributed by atoms with Crippen molar-refractivity contribution in [2.24, 2.45) is 15.7 Å². The largest absolute Gasteiger partial charge is 0.491 e. The molecule has 1 aromatic carbocycles. The van der Waals surface area contributed by atoms with Gasteiger partial charge in [-0.2, -0.15) is 0 Å². The summed E-state index contributed by atoms with van der Waals surface area (Å²) in [5.41, 5.74) is 6.41. The predicted octanol–water partition coefficient (Wildman–Crippen LogP) is 2.56. The second-order valence-electron chi connectivity index (χ2n) is 8.04. The Hall–Kier alpha value is -3.36. The SMILES string of the molecule is COC(=O)C1(Oc2ccc3c(c2)OCCn2cc(C(N=C(C)N)=NC(C)C)nc2-3)CC1. The summed E-state index contributed by atoms with van der Waals surface area (Å²) in [5.74, 6) is 2.54. The summed E-state index contributed by atoms with van der Waals surface area (Å²) in [6, 6.07) is 5.57. The van der Waals surface area contributed by atoms with Crippen LogP contribution in [0.2, 0.25) is 0 Å². The number of aromatic nitrogens is 2. The number of ether oxygens (including phenoxy) is 3. The number of esters is 1. The van der Waals surface area contributed by atoms with Gasteiger partial charge in [-0.1, -0.05) is 0 Å². The van der Waals surface area contributed by atoms with Gasteiger partial charge in [0.05, 0.1) is 25.1 Å². The maximum absolute atomic E-state index is 12.0. The number of carbonyl (C=O) groups is 1. The van der Waals surface area contributed by atoms with Gasteiger partial charge < -0.3 is 24.5 Å². The lowest BCUT2D eigenvalue weighted by Gasteiger charge is -2.16. The predicted molar refractivity (Wildman–Crippen MR) is 117 cm³/mol. The molecular formula is C22H27N5O4. The number of fused-ring (bicyclic) bond motifs is 3. The van der Waals surface area contributed by atoms with Crippen molar-refractivity contribution >= 4 is 17.6 Å². The average molecular weight is 425 g/mol. The van der Waals surface area contributed by atoms with Crippen LogP contribution in [0.25, 0.3) is 11.4 Å². The van der Waals surface area contributed by atoms with Gasteiger partial charge in [-0.05, 0) is 32.9 Å². The molecule has 1 saturated carbocycles. The fourth-order valence-corrected chi connectivity index (χ4v) is 3.47. The van der Waals surface area contributed by atoms with E-state index in [9.17, 15) is 4.79 Å². The maximum atomic E-state index is 12.0. The van der Waals surface area contributed by atoms with Gasteiger partial charge in [0.25, 0.3) is 0 Å². The Bertz CT molecular complexity index is 1060. The number of methoxy groups -OCH3 is 1. The molecule has 31 heavy (non-hydrogen) atoms. The number of nitrogens with zero attached hydrogens (tertiary/aromatic N) is 4. The van der Waals surface area contributed by atoms with E-state index in [4.69, 9.17) is 24.9 Å². The molecule has 1 aliphatic heterocycles. The van der Waals surface area contributed by atoms with Gasteiger partial charge in [-0.25, -0.2) is 14.8 Å². The van der Waals surface area contributed by atoms with Gasteiger partial charge in [0.2, 0.25) is 5.60 Å². The van der Waals surface area contributed by atoms with Crippen molar-refractivity contribution in [1.82, 2.24) is 9.55 Å². The summed E-state index contributed by atoms with van der Waals surface area (Å²) < 4.78 is 18.8. The number of benzene rings is 1. The maximum Gasteiger partial charge on any atom is 0.350 e. The number of amidine groups is 2. The summed E-state index contributed by atoms with van der Waals surface area (Å²) in [4.78, 5) is 25.7. The molecular weight excluding hydrogens is 398 g/mol. The molecule has 2 aliphatic rings. The Kier molecular flexibility index (Phi) is 5.43. The molecule has 1 aliphatic carbocycles. The van der Waals surface area contributed by atoms with Gasteiger partial charge >= 0.3 is 5.97 Å². The van der Waals surface area contributed by atoms with Crippen molar-refractivity contribution in [3.05, 3.63) is 30.1 Å². The van der Waals surface area contributed by atoms with Gasteiger partial charge in [0.15, 0.2) is 5.84 Å². The van der Waals surface area contributed by atoms with E-state index < -0.39 is 5.60 Å². The van der Waals surface area contributed by atoms with Crippen LogP contribution in [0.5, 0.6) is 11.5 Å². The van der Waals surface area contributed by atoms with E-state index in [0.29, 0.717) is 54.9 Å². The molecule has 1 fully saturated rings. The zero-order valence-electron chi connectivity index (χ0n) is 18.2. The summed E-state index contributed by atoms with van der Waals surface area (Å²) in [6.45, 7) is 6.78. The molecule has 4 rings (SSSR count). The molecule has 0 bridgehead atoms. The number of hydrogen-bond acceptors (Lipinski definition) is 6. The lowest BCUT2D eigenvalue weighted by atomic mass is 10.1. The Balaban J connectivity index is 1.68. The van der Waals surface area contributed by atoms with Crippen molar-refractivity contribution in [1.29, 1.82) is 0 Å². The zero-order valence-corrected chi connectivity index (χ0v) is 18.2. The molecule has 164 valence electrons. The highest BCUT2D eigenvalue weighted by Gasteiger charge is 2.54. The van der Waals surface area contributed by atoms with Crippen molar-refractivity contribution in [3.8, 4) is 22.9 Å². The van der Waals surface area contributed by atoms with E-state index in [2.05, 4.69) is 9.98 Å². The van der Waals surface area contributed by atoms with E-state index in [1.165, 1.54) is 7.11 Å². The molecule has 0 unspecified atom stereocenters. The van der Waals surface area contributed by atoms with Crippen LogP contribution in [-0.4, -0.2) is 52.6 Å². The second-order valence-corrected chi connectivity index (χ2v) is 8.04.